The lowest BCUT2D eigenvalue weighted by Crippen LogP contribution is -2.34. The third-order valence-electron chi connectivity index (χ3n) is 4.20. The van der Waals surface area contributed by atoms with Crippen LogP contribution in [-0.2, 0) is 6.54 Å². The highest BCUT2D eigenvalue weighted by atomic mass is 16.3. The third kappa shape index (κ3) is 2.38. The lowest BCUT2D eigenvalue weighted by atomic mass is 10.0. The molecule has 1 aliphatic heterocycles. The molecular formula is C15H21N3O. The van der Waals surface area contributed by atoms with Crippen LogP contribution < -0.4 is 0 Å². The van der Waals surface area contributed by atoms with E-state index in [2.05, 4.69) is 52.7 Å². The van der Waals surface area contributed by atoms with Crippen LogP contribution in [0.25, 0.3) is 5.65 Å². The van der Waals surface area contributed by atoms with Gasteiger partial charge in [0.25, 0.3) is 0 Å². The molecule has 19 heavy (non-hydrogen) atoms. The number of pyridine rings is 1. The second-order valence-electron chi connectivity index (χ2n) is 5.69. The predicted octanol–water partition coefficient (Wildman–Crippen LogP) is 1.85. The first-order valence-corrected chi connectivity index (χ1v) is 6.96. The SMILES string of the molecule is Cc1ccc2nc(CN3CCC(C)C3CO)cn2c1. The smallest absolute Gasteiger partial charge is 0.137 e. The van der Waals surface area contributed by atoms with Crippen molar-refractivity contribution in [2.45, 2.75) is 32.9 Å². The van der Waals surface area contributed by atoms with Gasteiger partial charge in [0.2, 0.25) is 0 Å². The normalized spacial score (nSPS) is 24.4. The van der Waals surface area contributed by atoms with Crippen LogP contribution in [0.5, 0.6) is 0 Å². The first-order chi connectivity index (χ1) is 9.17. The Morgan fingerprint density at radius 3 is 3.00 bits per heavy atom. The van der Waals surface area contributed by atoms with Crippen molar-refractivity contribution in [3.8, 4) is 0 Å². The van der Waals surface area contributed by atoms with Gasteiger partial charge in [-0.05, 0) is 37.4 Å². The summed E-state index contributed by atoms with van der Waals surface area (Å²) in [6.45, 7) is 6.43. The van der Waals surface area contributed by atoms with Crippen LogP contribution in [0.15, 0.2) is 24.5 Å². The highest BCUT2D eigenvalue weighted by Gasteiger charge is 2.30. The molecule has 2 aromatic heterocycles. The van der Waals surface area contributed by atoms with E-state index in [1.807, 2.05) is 0 Å². The molecule has 4 nitrogen and oxygen atoms in total. The van der Waals surface area contributed by atoms with Gasteiger partial charge in [-0.3, -0.25) is 4.90 Å². The zero-order valence-corrected chi connectivity index (χ0v) is 11.6. The van der Waals surface area contributed by atoms with Gasteiger partial charge in [0.15, 0.2) is 0 Å². The van der Waals surface area contributed by atoms with Crippen molar-refractivity contribution in [2.75, 3.05) is 13.2 Å². The van der Waals surface area contributed by atoms with E-state index in [4.69, 9.17) is 0 Å². The van der Waals surface area contributed by atoms with E-state index >= 15 is 0 Å². The summed E-state index contributed by atoms with van der Waals surface area (Å²) in [6.07, 6.45) is 5.36. The van der Waals surface area contributed by atoms with E-state index < -0.39 is 0 Å². The number of hydrogen-bond donors (Lipinski definition) is 1. The lowest BCUT2D eigenvalue weighted by Gasteiger charge is -2.23. The van der Waals surface area contributed by atoms with Crippen LogP contribution in [0.4, 0.5) is 0 Å². The Kier molecular flexibility index (Phi) is 3.29. The number of aliphatic hydroxyl groups is 1. The van der Waals surface area contributed by atoms with Gasteiger partial charge >= 0.3 is 0 Å². The summed E-state index contributed by atoms with van der Waals surface area (Å²) in [7, 11) is 0. The number of likely N-dealkylation sites (tertiary alicyclic amines) is 1. The molecule has 0 bridgehead atoms. The van der Waals surface area contributed by atoms with Crippen molar-refractivity contribution >= 4 is 5.65 Å². The van der Waals surface area contributed by atoms with E-state index in [-0.39, 0.29) is 12.6 Å². The maximum Gasteiger partial charge on any atom is 0.137 e. The highest BCUT2D eigenvalue weighted by molar-refractivity contribution is 5.41. The average molecular weight is 259 g/mol. The zero-order chi connectivity index (χ0) is 13.4. The van der Waals surface area contributed by atoms with Crippen LogP contribution in [0.2, 0.25) is 0 Å². The number of imidazole rings is 1. The average Bonchev–Trinajstić information content (AvgIpc) is 2.92. The molecule has 102 valence electrons. The fourth-order valence-electron chi connectivity index (χ4n) is 3.02. The molecule has 3 rings (SSSR count). The number of aryl methyl sites for hydroxylation is 1. The van der Waals surface area contributed by atoms with Crippen molar-refractivity contribution in [3.05, 3.63) is 35.8 Å². The lowest BCUT2D eigenvalue weighted by molar-refractivity contribution is 0.133. The predicted molar refractivity (Wildman–Crippen MR) is 75.0 cm³/mol. The minimum atomic E-state index is 0.244. The standard InChI is InChI=1S/C15H21N3O/c1-11-3-4-15-16-13(9-18(15)7-11)8-17-6-5-12(2)14(17)10-19/h3-4,7,9,12,14,19H,5-6,8,10H2,1-2H3. The number of aromatic nitrogens is 2. The van der Waals surface area contributed by atoms with Gasteiger partial charge in [-0.1, -0.05) is 13.0 Å². The van der Waals surface area contributed by atoms with E-state index in [1.54, 1.807) is 0 Å². The molecule has 0 saturated carbocycles. The van der Waals surface area contributed by atoms with Crippen molar-refractivity contribution in [1.29, 1.82) is 0 Å². The number of nitrogens with zero attached hydrogens (tertiary/aromatic N) is 3. The molecule has 1 aliphatic rings. The van der Waals surface area contributed by atoms with Crippen molar-refractivity contribution in [3.63, 3.8) is 0 Å². The summed E-state index contributed by atoms with van der Waals surface area (Å²) >= 11 is 0. The quantitative estimate of drug-likeness (QED) is 0.914. The molecule has 2 unspecified atom stereocenters. The number of fused-ring (bicyclic) bond motifs is 1. The summed E-state index contributed by atoms with van der Waals surface area (Å²) in [5.74, 6) is 0.573. The van der Waals surface area contributed by atoms with Gasteiger partial charge in [-0.2, -0.15) is 0 Å². The minimum absolute atomic E-state index is 0.244. The van der Waals surface area contributed by atoms with Crippen LogP contribution in [0.3, 0.4) is 0 Å². The van der Waals surface area contributed by atoms with E-state index in [1.165, 1.54) is 5.56 Å². The molecule has 0 radical (unpaired) electrons. The molecule has 0 spiro atoms. The summed E-state index contributed by atoms with van der Waals surface area (Å²) < 4.78 is 2.08. The molecule has 2 atom stereocenters. The Balaban J connectivity index is 1.81. The van der Waals surface area contributed by atoms with Gasteiger partial charge in [-0.15, -0.1) is 0 Å². The largest absolute Gasteiger partial charge is 0.395 e. The third-order valence-corrected chi connectivity index (χ3v) is 4.20. The molecule has 0 aromatic carbocycles. The Bertz CT molecular complexity index is 578. The number of rotatable bonds is 3. The van der Waals surface area contributed by atoms with Gasteiger partial charge in [-0.25, -0.2) is 4.98 Å². The Morgan fingerprint density at radius 1 is 1.37 bits per heavy atom. The Hall–Kier alpha value is -1.39. The van der Waals surface area contributed by atoms with Gasteiger partial charge in [0.05, 0.1) is 12.3 Å². The molecule has 0 amide bonds. The monoisotopic (exact) mass is 259 g/mol. The van der Waals surface area contributed by atoms with E-state index in [0.29, 0.717) is 5.92 Å². The summed E-state index contributed by atoms with van der Waals surface area (Å²) in [5.41, 5.74) is 3.31. The Labute approximate surface area is 113 Å². The zero-order valence-electron chi connectivity index (χ0n) is 11.6. The summed E-state index contributed by atoms with van der Waals surface area (Å²) in [4.78, 5) is 7.00. The van der Waals surface area contributed by atoms with Gasteiger partial charge < -0.3 is 9.51 Å². The summed E-state index contributed by atoms with van der Waals surface area (Å²) in [5, 5.41) is 9.49. The molecule has 1 N–H and O–H groups in total. The molecule has 2 aromatic rings. The first-order valence-electron chi connectivity index (χ1n) is 6.96. The van der Waals surface area contributed by atoms with Crippen molar-refractivity contribution in [1.82, 2.24) is 14.3 Å². The minimum Gasteiger partial charge on any atom is -0.395 e. The second kappa shape index (κ2) is 4.94. The van der Waals surface area contributed by atoms with Crippen molar-refractivity contribution in [2.24, 2.45) is 5.92 Å². The van der Waals surface area contributed by atoms with E-state index in [0.717, 1.165) is 30.9 Å². The Morgan fingerprint density at radius 2 is 2.21 bits per heavy atom. The summed E-state index contributed by atoms with van der Waals surface area (Å²) in [6, 6.07) is 4.42. The van der Waals surface area contributed by atoms with Gasteiger partial charge in [0, 0.05) is 25.0 Å². The molecular weight excluding hydrogens is 238 g/mol. The maximum atomic E-state index is 9.49. The van der Waals surface area contributed by atoms with Crippen LogP contribution in [0.1, 0.15) is 24.6 Å². The maximum absolute atomic E-state index is 9.49. The highest BCUT2D eigenvalue weighted by Crippen LogP contribution is 2.25. The molecule has 3 heterocycles. The molecule has 1 fully saturated rings. The van der Waals surface area contributed by atoms with E-state index in [9.17, 15) is 5.11 Å². The molecule has 4 heteroatoms. The fraction of sp³-hybridized carbons (Fsp3) is 0.533. The van der Waals surface area contributed by atoms with Crippen LogP contribution >= 0.6 is 0 Å². The molecule has 0 aliphatic carbocycles. The topological polar surface area (TPSA) is 40.8 Å². The fourth-order valence-corrected chi connectivity index (χ4v) is 3.02. The molecule has 1 saturated heterocycles. The van der Waals surface area contributed by atoms with Crippen LogP contribution in [-0.4, -0.2) is 38.6 Å². The van der Waals surface area contributed by atoms with Crippen LogP contribution in [0, 0.1) is 12.8 Å². The van der Waals surface area contributed by atoms with Crippen molar-refractivity contribution < 1.29 is 5.11 Å². The second-order valence-corrected chi connectivity index (χ2v) is 5.69. The van der Waals surface area contributed by atoms with Gasteiger partial charge in [0.1, 0.15) is 5.65 Å². The number of aliphatic hydroxyl groups excluding tert-OH is 1. The first kappa shape index (κ1) is 12.6. The number of hydrogen-bond acceptors (Lipinski definition) is 3.